The number of unbranched alkanes of at least 4 members (excludes halogenated alkanes) is 24. The Balaban J connectivity index is 4.04. The van der Waals surface area contributed by atoms with Gasteiger partial charge in [-0.2, -0.15) is 0 Å². The second-order valence-electron chi connectivity index (χ2n) is 18.8. The molecule has 10 heteroatoms. The highest BCUT2D eigenvalue weighted by molar-refractivity contribution is 7.47. The van der Waals surface area contributed by atoms with Crippen LogP contribution in [-0.2, 0) is 32.7 Å². The van der Waals surface area contributed by atoms with Gasteiger partial charge in [-0.15, -0.1) is 0 Å². The van der Waals surface area contributed by atoms with Crippen LogP contribution in [0.1, 0.15) is 245 Å². The first-order valence-corrected chi connectivity index (χ1v) is 30.2. The summed E-state index contributed by atoms with van der Waals surface area (Å²) in [7, 11) is -4.40. The zero-order valence-electron chi connectivity index (χ0n) is 45.4. The molecule has 0 aliphatic carbocycles. The van der Waals surface area contributed by atoms with E-state index in [1.165, 1.54) is 122 Å². The van der Waals surface area contributed by atoms with Crippen molar-refractivity contribution in [3.63, 3.8) is 0 Å². The molecule has 0 saturated heterocycles. The standard InChI is InChI=1S/C61H106NO8P/c1-3-5-7-9-11-13-15-17-19-21-23-25-27-28-29-30-32-34-36-38-40-42-44-46-48-50-52-54-61(64)70-59(58-69-71(65,66)68-56-55-62)57-67-60(63)53-51-49-47-45-43-41-39-37-35-33-31-26-24-22-20-18-16-14-12-10-8-6-4-2/h5,7,11,13,16-19,22-25,28-29,32,34,59H,3-4,6,8-10,12,14-15,20-21,26-27,30-31,33,35-58,62H2,1-2H3,(H,65,66)/b7-5-,13-11-,18-16-,19-17-,24-22-,25-23-,29-28-,34-32-. The molecule has 2 atom stereocenters. The van der Waals surface area contributed by atoms with Gasteiger partial charge in [0.2, 0.25) is 0 Å². The number of phosphoric acid groups is 1. The Kier molecular flexibility index (Phi) is 53.8. The minimum atomic E-state index is -4.40. The lowest BCUT2D eigenvalue weighted by Gasteiger charge is -2.19. The van der Waals surface area contributed by atoms with E-state index in [0.29, 0.717) is 6.42 Å². The van der Waals surface area contributed by atoms with Crippen LogP contribution in [-0.4, -0.2) is 49.3 Å². The van der Waals surface area contributed by atoms with Gasteiger partial charge in [-0.25, -0.2) is 4.57 Å². The molecule has 408 valence electrons. The predicted molar refractivity (Wildman–Crippen MR) is 302 cm³/mol. The van der Waals surface area contributed by atoms with Crippen molar-refractivity contribution in [3.05, 3.63) is 97.2 Å². The number of ether oxygens (including phenoxy) is 2. The zero-order chi connectivity index (χ0) is 51.7. The van der Waals surface area contributed by atoms with Crippen molar-refractivity contribution in [1.29, 1.82) is 0 Å². The third-order valence-electron chi connectivity index (χ3n) is 12.0. The number of hydrogen-bond acceptors (Lipinski definition) is 8. The highest BCUT2D eigenvalue weighted by atomic mass is 31.2. The number of rotatable bonds is 53. The van der Waals surface area contributed by atoms with E-state index in [2.05, 4.69) is 111 Å². The fourth-order valence-electron chi connectivity index (χ4n) is 7.73. The molecular weight excluding hydrogens is 906 g/mol. The van der Waals surface area contributed by atoms with Crippen LogP contribution in [0.2, 0.25) is 0 Å². The number of allylic oxidation sites excluding steroid dienone is 16. The zero-order valence-corrected chi connectivity index (χ0v) is 46.3. The highest BCUT2D eigenvalue weighted by Crippen LogP contribution is 2.43. The predicted octanol–water partition coefficient (Wildman–Crippen LogP) is 18.1. The summed E-state index contributed by atoms with van der Waals surface area (Å²) >= 11 is 0. The normalized spacial score (nSPS) is 13.8. The minimum Gasteiger partial charge on any atom is -0.462 e. The molecule has 0 aliphatic heterocycles. The van der Waals surface area contributed by atoms with Gasteiger partial charge in [0.25, 0.3) is 0 Å². The Morgan fingerprint density at radius 1 is 0.437 bits per heavy atom. The molecular formula is C61H106NO8P. The molecule has 0 aliphatic rings. The van der Waals surface area contributed by atoms with Crippen LogP contribution in [0.15, 0.2) is 97.2 Å². The summed E-state index contributed by atoms with van der Waals surface area (Å²) in [5, 5.41) is 0. The Morgan fingerprint density at radius 3 is 1.15 bits per heavy atom. The van der Waals surface area contributed by atoms with E-state index < -0.39 is 26.5 Å². The maximum absolute atomic E-state index is 12.7. The van der Waals surface area contributed by atoms with E-state index in [4.69, 9.17) is 24.3 Å². The summed E-state index contributed by atoms with van der Waals surface area (Å²) < 4.78 is 33.0. The van der Waals surface area contributed by atoms with Gasteiger partial charge in [0.05, 0.1) is 13.2 Å². The Hall–Kier alpha value is -3.07. The third-order valence-corrected chi connectivity index (χ3v) is 12.9. The van der Waals surface area contributed by atoms with Crippen LogP contribution < -0.4 is 5.73 Å². The molecule has 0 heterocycles. The van der Waals surface area contributed by atoms with Crippen LogP contribution in [0.3, 0.4) is 0 Å². The van der Waals surface area contributed by atoms with Crippen LogP contribution in [0, 0.1) is 0 Å². The Morgan fingerprint density at radius 2 is 0.775 bits per heavy atom. The molecule has 0 fully saturated rings. The average Bonchev–Trinajstić information content (AvgIpc) is 3.36. The Bertz CT molecular complexity index is 1480. The second kappa shape index (κ2) is 56.2. The SMILES string of the molecule is CC/C=C\C/C=C\C/C=C\C/C=C\C/C=C\C/C=C\CCCCCCCCCCC(=O)OC(COC(=O)CCCCCCCCCCCCC/C=C\C/C=C\CCCCCCC)COP(=O)(O)OCCN. The van der Waals surface area contributed by atoms with Gasteiger partial charge in [-0.3, -0.25) is 18.6 Å². The Labute approximate surface area is 436 Å². The number of hydrogen-bond donors (Lipinski definition) is 2. The molecule has 2 unspecified atom stereocenters. The van der Waals surface area contributed by atoms with Gasteiger partial charge in [0.15, 0.2) is 6.10 Å². The number of phosphoric ester groups is 1. The quantitative estimate of drug-likeness (QED) is 0.0264. The van der Waals surface area contributed by atoms with Crippen molar-refractivity contribution < 1.29 is 37.6 Å². The van der Waals surface area contributed by atoms with Crippen LogP contribution in [0.5, 0.6) is 0 Å². The van der Waals surface area contributed by atoms with Crippen LogP contribution in [0.4, 0.5) is 0 Å². The maximum atomic E-state index is 12.7. The van der Waals surface area contributed by atoms with Crippen molar-refractivity contribution in [2.24, 2.45) is 5.73 Å². The summed E-state index contributed by atoms with van der Waals surface area (Å²) in [6.45, 7) is 3.61. The van der Waals surface area contributed by atoms with Gasteiger partial charge < -0.3 is 20.1 Å². The molecule has 0 radical (unpaired) electrons. The lowest BCUT2D eigenvalue weighted by molar-refractivity contribution is -0.161. The van der Waals surface area contributed by atoms with Crippen molar-refractivity contribution in [3.8, 4) is 0 Å². The molecule has 3 N–H and O–H groups in total. The first-order valence-electron chi connectivity index (χ1n) is 28.7. The smallest absolute Gasteiger partial charge is 0.462 e. The number of esters is 2. The molecule has 0 aromatic heterocycles. The van der Waals surface area contributed by atoms with E-state index in [0.717, 1.165) is 89.9 Å². The molecule has 0 amide bonds. The minimum absolute atomic E-state index is 0.0472. The summed E-state index contributed by atoms with van der Waals surface area (Å²) in [6, 6.07) is 0. The van der Waals surface area contributed by atoms with E-state index in [1.54, 1.807) is 0 Å². The fourth-order valence-corrected chi connectivity index (χ4v) is 8.49. The van der Waals surface area contributed by atoms with Crippen molar-refractivity contribution in [1.82, 2.24) is 0 Å². The summed E-state index contributed by atoms with van der Waals surface area (Å²) in [6.07, 6.45) is 74.5. The van der Waals surface area contributed by atoms with Gasteiger partial charge in [-0.05, 0) is 96.3 Å². The first-order chi connectivity index (χ1) is 34.8. The summed E-state index contributed by atoms with van der Waals surface area (Å²) in [5.74, 6) is -0.841. The summed E-state index contributed by atoms with van der Waals surface area (Å²) in [4.78, 5) is 35.2. The van der Waals surface area contributed by atoms with Crippen molar-refractivity contribution >= 4 is 19.8 Å². The van der Waals surface area contributed by atoms with Gasteiger partial charge in [0.1, 0.15) is 6.61 Å². The average molecular weight is 1010 g/mol. The fraction of sp³-hybridized carbons (Fsp3) is 0.705. The molecule has 0 bridgehead atoms. The monoisotopic (exact) mass is 1010 g/mol. The second-order valence-corrected chi connectivity index (χ2v) is 20.2. The molecule has 0 saturated carbocycles. The van der Waals surface area contributed by atoms with E-state index in [9.17, 15) is 19.0 Å². The van der Waals surface area contributed by atoms with Crippen molar-refractivity contribution in [2.45, 2.75) is 251 Å². The summed E-state index contributed by atoms with van der Waals surface area (Å²) in [5.41, 5.74) is 5.38. The molecule has 0 spiro atoms. The van der Waals surface area contributed by atoms with Gasteiger partial charge in [0, 0.05) is 19.4 Å². The molecule has 0 rings (SSSR count). The van der Waals surface area contributed by atoms with E-state index in [-0.39, 0.29) is 38.6 Å². The van der Waals surface area contributed by atoms with Crippen LogP contribution in [0.25, 0.3) is 0 Å². The third kappa shape index (κ3) is 56.1. The van der Waals surface area contributed by atoms with Crippen molar-refractivity contribution in [2.75, 3.05) is 26.4 Å². The van der Waals surface area contributed by atoms with E-state index in [1.807, 2.05) is 0 Å². The van der Waals surface area contributed by atoms with Gasteiger partial charge in [-0.1, -0.05) is 233 Å². The lowest BCUT2D eigenvalue weighted by Crippen LogP contribution is -2.29. The van der Waals surface area contributed by atoms with E-state index >= 15 is 0 Å². The molecule has 0 aromatic carbocycles. The maximum Gasteiger partial charge on any atom is 0.472 e. The molecule has 0 aromatic rings. The molecule has 71 heavy (non-hydrogen) atoms. The number of carbonyl (C=O) groups excluding carboxylic acids is 2. The number of carbonyl (C=O) groups is 2. The first kappa shape index (κ1) is 67.9. The lowest BCUT2D eigenvalue weighted by atomic mass is 10.0. The van der Waals surface area contributed by atoms with Gasteiger partial charge >= 0.3 is 19.8 Å². The highest BCUT2D eigenvalue weighted by Gasteiger charge is 2.26. The topological polar surface area (TPSA) is 134 Å². The number of nitrogens with two attached hydrogens (primary N) is 1. The largest absolute Gasteiger partial charge is 0.472 e. The van der Waals surface area contributed by atoms with Crippen LogP contribution >= 0.6 is 7.82 Å². The molecule has 9 nitrogen and oxygen atoms in total.